The van der Waals surface area contributed by atoms with Crippen molar-refractivity contribution >= 4 is 53.3 Å². The van der Waals surface area contributed by atoms with Crippen LogP contribution in [0.25, 0.3) is 0 Å². The number of amides is 7. The van der Waals surface area contributed by atoms with E-state index in [1.54, 1.807) is 51.7 Å². The van der Waals surface area contributed by atoms with Gasteiger partial charge in [-0.05, 0) is 93.2 Å². The Morgan fingerprint density at radius 1 is 0.840 bits per heavy atom. The molecule has 11 atom stereocenters. The van der Waals surface area contributed by atoms with Gasteiger partial charge in [-0.1, -0.05) is 87.8 Å². The molecule has 7 amide bonds. The summed E-state index contributed by atoms with van der Waals surface area (Å²) in [4.78, 5) is 136. The first-order valence-electron chi connectivity index (χ1n) is 27.2. The molecule has 1 aromatic carbocycles. The number of carbonyl (C=O) groups excluding carboxylic acids is 9. The monoisotopic (exact) mass is 1050 g/mol. The van der Waals surface area contributed by atoms with Crippen LogP contribution in [-0.4, -0.2) is 170 Å². The first kappa shape index (κ1) is 60.1. The minimum Gasteiger partial charge on any atom is -0.508 e. The number of fused-ring (bicyclic) bond motifs is 1. The molecular weight excluding hydrogens is 967 g/mol. The van der Waals surface area contributed by atoms with E-state index in [-0.39, 0.29) is 74.1 Å². The predicted octanol–water partition coefficient (Wildman–Crippen LogP) is 3.23. The second-order valence-corrected chi connectivity index (χ2v) is 22.9. The van der Waals surface area contributed by atoms with E-state index in [9.17, 15) is 53.4 Å². The topological polar surface area (TPSA) is 262 Å². The lowest BCUT2D eigenvalue weighted by molar-refractivity contribution is -0.162. The summed E-state index contributed by atoms with van der Waals surface area (Å²) in [6.07, 6.45) is -2.52. The first-order chi connectivity index (χ1) is 35.2. The molecule has 5 N–H and O–H groups in total. The van der Waals surface area contributed by atoms with Gasteiger partial charge in [0, 0.05) is 39.0 Å². The first-order valence-corrected chi connectivity index (χ1v) is 27.2. The number of benzene rings is 1. The standard InChI is InChI=1S/C55H85N7O13/c1-13-34(10)44-42(64)29-43(65)75-46(32(6)7)49(68)56-38(26-30(2)3)51(70)60-23-14-16-39(60)52(71)59(12)41(28-36-17-19-37(63)20-18-36)53(72)74-35(11)45(48(67)57-44)58-47(66)40(27-31(4)5)61-25-22-55(54(61)73)21-15-24-62(55)50(69)33(8)9/h17-20,30-35,38-42,44-46,63-64H,13-16,21-29H2,1-12H3,(H,56,68)(H,57,67)(H,58,66)/t34-,35-,38+,39+,40-,41+,42+,44?,45+,46+,55?/m0/s1. The van der Waals surface area contributed by atoms with E-state index < -0.39 is 120 Å². The second kappa shape index (κ2) is 25.8. The van der Waals surface area contributed by atoms with Gasteiger partial charge in [-0.2, -0.15) is 0 Å². The quantitative estimate of drug-likeness (QED) is 0.178. The molecule has 0 saturated carbocycles. The number of esters is 2. The molecule has 1 aromatic rings. The van der Waals surface area contributed by atoms with Crippen molar-refractivity contribution in [2.24, 2.45) is 29.6 Å². The Kier molecular flexibility index (Phi) is 20.7. The molecule has 4 aliphatic heterocycles. The molecule has 4 aliphatic rings. The molecule has 418 valence electrons. The van der Waals surface area contributed by atoms with E-state index in [0.717, 1.165) is 0 Å². The van der Waals surface area contributed by atoms with Crippen LogP contribution in [0.3, 0.4) is 0 Å². The maximum atomic E-state index is 15.0. The van der Waals surface area contributed by atoms with Gasteiger partial charge in [0.1, 0.15) is 47.6 Å². The fraction of sp³-hybridized carbons (Fsp3) is 0.727. The lowest BCUT2D eigenvalue weighted by Crippen LogP contribution is -2.62. The van der Waals surface area contributed by atoms with E-state index >= 15 is 0 Å². The molecule has 20 nitrogen and oxygen atoms in total. The summed E-state index contributed by atoms with van der Waals surface area (Å²) in [7, 11) is 1.41. The van der Waals surface area contributed by atoms with Crippen LogP contribution >= 0.6 is 0 Å². The normalized spacial score (nSPS) is 28.9. The molecule has 4 heterocycles. The maximum absolute atomic E-state index is 15.0. The summed E-state index contributed by atoms with van der Waals surface area (Å²) in [5.41, 5.74) is -0.598. The van der Waals surface area contributed by atoms with Gasteiger partial charge in [0.15, 0.2) is 6.10 Å². The number of aromatic hydroxyl groups is 1. The van der Waals surface area contributed by atoms with Crippen LogP contribution in [0.1, 0.15) is 140 Å². The van der Waals surface area contributed by atoms with Crippen LogP contribution < -0.4 is 16.0 Å². The van der Waals surface area contributed by atoms with Crippen LogP contribution in [0.2, 0.25) is 0 Å². The smallest absolute Gasteiger partial charge is 0.329 e. The summed E-state index contributed by atoms with van der Waals surface area (Å²) in [5, 5.41) is 30.4. The zero-order valence-electron chi connectivity index (χ0n) is 46.3. The molecule has 0 bridgehead atoms. The zero-order valence-corrected chi connectivity index (χ0v) is 46.3. The SMILES string of the molecule is CC[C@H](C)C1NC(=O)[C@H](NC(=O)[C@H](CC(C)C)N2CCC3(CCCN3C(=O)C(C)C)C2=O)[C@H](C)OC(=O)[C@@H](Cc2ccc(O)cc2)N(C)C(=O)[C@H]2CCCN2C(=O)[C@@H](CC(C)C)NC(=O)[C@@H](C(C)C)OC(=O)C[C@H]1O. The minimum absolute atomic E-state index is 0.0401. The van der Waals surface area contributed by atoms with Crippen molar-refractivity contribution in [1.82, 2.24) is 35.6 Å². The molecule has 0 aliphatic carbocycles. The summed E-state index contributed by atoms with van der Waals surface area (Å²) < 4.78 is 11.9. The summed E-state index contributed by atoms with van der Waals surface area (Å²) in [5.74, 6) is -7.71. The summed E-state index contributed by atoms with van der Waals surface area (Å²) >= 11 is 0. The van der Waals surface area contributed by atoms with Gasteiger partial charge in [0.05, 0.1) is 18.6 Å². The van der Waals surface area contributed by atoms with Gasteiger partial charge in [-0.3, -0.25) is 38.4 Å². The number of hydrogen-bond acceptors (Lipinski definition) is 13. The predicted molar refractivity (Wildman–Crippen MR) is 277 cm³/mol. The number of nitrogens with one attached hydrogen (secondary N) is 3. The average Bonchev–Trinajstić information content (AvgIpc) is 4.10. The van der Waals surface area contributed by atoms with Crippen LogP contribution in [0.15, 0.2) is 24.3 Å². The number of rotatable bonds is 13. The Morgan fingerprint density at radius 3 is 2.11 bits per heavy atom. The lowest BCUT2D eigenvalue weighted by Gasteiger charge is -2.37. The molecule has 75 heavy (non-hydrogen) atoms. The summed E-state index contributed by atoms with van der Waals surface area (Å²) in [6, 6.07) is -1.56. The van der Waals surface area contributed by atoms with E-state index in [4.69, 9.17) is 9.47 Å². The van der Waals surface area contributed by atoms with E-state index in [1.165, 1.54) is 40.8 Å². The van der Waals surface area contributed by atoms with Crippen molar-refractivity contribution in [3.05, 3.63) is 29.8 Å². The van der Waals surface area contributed by atoms with Crippen LogP contribution in [0.4, 0.5) is 0 Å². The highest BCUT2D eigenvalue weighted by atomic mass is 16.6. The van der Waals surface area contributed by atoms with Crippen LogP contribution in [0, 0.1) is 29.6 Å². The van der Waals surface area contributed by atoms with Gasteiger partial charge < -0.3 is 55.2 Å². The van der Waals surface area contributed by atoms with Crippen molar-refractivity contribution in [2.45, 2.75) is 200 Å². The highest BCUT2D eigenvalue weighted by molar-refractivity contribution is 5.99. The van der Waals surface area contributed by atoms with Crippen molar-refractivity contribution in [2.75, 3.05) is 26.7 Å². The molecule has 4 saturated heterocycles. The number of carbonyl (C=O) groups is 9. The Labute approximate surface area is 442 Å². The Balaban J connectivity index is 1.60. The minimum atomic E-state index is -1.70. The average molecular weight is 1050 g/mol. The third-order valence-electron chi connectivity index (χ3n) is 15.5. The lowest BCUT2D eigenvalue weighted by atomic mass is 9.92. The number of aliphatic hydroxyl groups excluding tert-OH is 1. The van der Waals surface area contributed by atoms with Crippen molar-refractivity contribution in [3.8, 4) is 5.75 Å². The third-order valence-corrected chi connectivity index (χ3v) is 15.5. The Hall–Kier alpha value is -5.79. The zero-order chi connectivity index (χ0) is 55.8. The molecule has 20 heteroatoms. The fourth-order valence-corrected chi connectivity index (χ4v) is 11.0. The second-order valence-electron chi connectivity index (χ2n) is 22.9. The van der Waals surface area contributed by atoms with Crippen molar-refractivity contribution in [3.63, 3.8) is 0 Å². The molecule has 5 rings (SSSR count). The van der Waals surface area contributed by atoms with Crippen molar-refractivity contribution in [1.29, 1.82) is 0 Å². The summed E-state index contributed by atoms with van der Waals surface area (Å²) in [6.45, 7) is 20.1. The molecule has 2 unspecified atom stereocenters. The molecule has 0 aromatic heterocycles. The molecular formula is C55H85N7O13. The Bertz CT molecular complexity index is 2240. The van der Waals surface area contributed by atoms with Gasteiger partial charge in [0.25, 0.3) is 5.91 Å². The van der Waals surface area contributed by atoms with Gasteiger partial charge in [-0.15, -0.1) is 0 Å². The largest absolute Gasteiger partial charge is 0.508 e. The highest BCUT2D eigenvalue weighted by Crippen LogP contribution is 2.41. The number of aliphatic hydroxyl groups is 1. The Morgan fingerprint density at radius 2 is 1.51 bits per heavy atom. The maximum Gasteiger partial charge on any atom is 0.329 e. The van der Waals surface area contributed by atoms with Gasteiger partial charge in [0.2, 0.25) is 35.4 Å². The van der Waals surface area contributed by atoms with Crippen LogP contribution in [0.5, 0.6) is 5.75 Å². The number of phenolic OH excluding ortho intramolecular Hbond substituents is 1. The molecule has 0 radical (unpaired) electrons. The highest BCUT2D eigenvalue weighted by Gasteiger charge is 2.57. The number of hydrogen-bond donors (Lipinski definition) is 5. The fourth-order valence-electron chi connectivity index (χ4n) is 11.0. The number of cyclic esters (lactones) is 2. The van der Waals surface area contributed by atoms with Gasteiger partial charge in [-0.25, -0.2) is 4.79 Å². The molecule has 4 fully saturated rings. The van der Waals surface area contributed by atoms with E-state index in [1.807, 2.05) is 34.6 Å². The van der Waals surface area contributed by atoms with Crippen molar-refractivity contribution < 1.29 is 62.8 Å². The van der Waals surface area contributed by atoms with E-state index in [2.05, 4.69) is 16.0 Å². The van der Waals surface area contributed by atoms with Gasteiger partial charge >= 0.3 is 11.9 Å². The molecule has 1 spiro atoms. The number of ether oxygens (including phenoxy) is 2. The number of likely N-dealkylation sites (tertiary alicyclic amines) is 2. The van der Waals surface area contributed by atoms with Crippen LogP contribution in [-0.2, 0) is 59.0 Å². The van der Waals surface area contributed by atoms with E-state index in [0.29, 0.717) is 44.2 Å². The number of likely N-dealkylation sites (N-methyl/N-ethyl adjacent to an activating group) is 1. The number of nitrogens with zero attached hydrogens (tertiary/aromatic N) is 4. The third kappa shape index (κ3) is 14.2. The number of phenols is 1.